The summed E-state index contributed by atoms with van der Waals surface area (Å²) in [5.74, 6) is 0.729. The molecule has 21 heavy (non-hydrogen) atoms. The molecule has 1 unspecified atom stereocenters. The van der Waals surface area contributed by atoms with Crippen LogP contribution >= 0.6 is 11.6 Å². The summed E-state index contributed by atoms with van der Waals surface area (Å²) in [4.78, 5) is 4.20. The smallest absolute Gasteiger partial charge is 0.124 e. The van der Waals surface area contributed by atoms with E-state index in [-0.39, 0.29) is 6.04 Å². The van der Waals surface area contributed by atoms with Crippen LogP contribution in [0.5, 0.6) is 5.75 Å². The molecule has 0 bridgehead atoms. The van der Waals surface area contributed by atoms with Crippen molar-refractivity contribution in [3.63, 3.8) is 0 Å². The molecule has 0 aliphatic heterocycles. The van der Waals surface area contributed by atoms with Gasteiger partial charge in [0.05, 0.1) is 13.2 Å². The number of ether oxygens (including phenoxy) is 1. The molecule has 2 N–H and O–H groups in total. The van der Waals surface area contributed by atoms with Gasteiger partial charge in [0.2, 0.25) is 0 Å². The first-order valence-electron chi connectivity index (χ1n) is 6.62. The molecule has 106 valence electrons. The molecule has 0 saturated heterocycles. The van der Waals surface area contributed by atoms with Gasteiger partial charge in [0.1, 0.15) is 5.75 Å². The minimum atomic E-state index is -0.327. The molecular formula is C17H15ClN2O. The van der Waals surface area contributed by atoms with Gasteiger partial charge in [0.15, 0.2) is 0 Å². The number of rotatable bonds is 3. The van der Waals surface area contributed by atoms with E-state index >= 15 is 0 Å². The number of aromatic nitrogens is 1. The Balaban J connectivity index is 2.17. The zero-order valence-corrected chi connectivity index (χ0v) is 12.3. The largest absolute Gasteiger partial charge is 0.496 e. The number of methoxy groups -OCH3 is 1. The molecule has 2 aromatic carbocycles. The van der Waals surface area contributed by atoms with Crippen molar-refractivity contribution in [2.75, 3.05) is 7.11 Å². The summed E-state index contributed by atoms with van der Waals surface area (Å²) in [7, 11) is 1.63. The Hall–Kier alpha value is -2.10. The Kier molecular flexibility index (Phi) is 3.78. The van der Waals surface area contributed by atoms with Crippen molar-refractivity contribution >= 4 is 22.4 Å². The summed E-state index contributed by atoms with van der Waals surface area (Å²) >= 11 is 6.10. The van der Waals surface area contributed by atoms with Crippen molar-refractivity contribution in [2.24, 2.45) is 5.73 Å². The van der Waals surface area contributed by atoms with Gasteiger partial charge in [0, 0.05) is 28.4 Å². The van der Waals surface area contributed by atoms with Gasteiger partial charge in [-0.1, -0.05) is 29.8 Å². The Bertz CT molecular complexity index is 783. The molecule has 3 rings (SSSR count). The summed E-state index contributed by atoms with van der Waals surface area (Å²) in [5, 5.41) is 2.79. The second-order valence-electron chi connectivity index (χ2n) is 4.81. The van der Waals surface area contributed by atoms with Gasteiger partial charge < -0.3 is 10.5 Å². The number of nitrogens with zero attached hydrogens (tertiary/aromatic N) is 1. The molecule has 1 heterocycles. The summed E-state index contributed by atoms with van der Waals surface area (Å²) in [6.07, 6.45) is 3.61. The minimum absolute atomic E-state index is 0.327. The van der Waals surface area contributed by atoms with Crippen molar-refractivity contribution in [3.8, 4) is 5.75 Å². The fourth-order valence-electron chi connectivity index (χ4n) is 2.52. The van der Waals surface area contributed by atoms with E-state index in [0.717, 1.165) is 27.6 Å². The molecule has 0 radical (unpaired) electrons. The first kappa shape index (κ1) is 13.9. The molecule has 0 spiro atoms. The minimum Gasteiger partial charge on any atom is -0.496 e. The van der Waals surface area contributed by atoms with Crippen molar-refractivity contribution in [1.29, 1.82) is 0 Å². The van der Waals surface area contributed by atoms with Crippen LogP contribution in [0.25, 0.3) is 10.8 Å². The van der Waals surface area contributed by atoms with E-state index in [9.17, 15) is 0 Å². The van der Waals surface area contributed by atoms with E-state index in [1.165, 1.54) is 0 Å². The molecule has 0 aliphatic rings. The molecule has 3 nitrogen and oxygen atoms in total. The monoisotopic (exact) mass is 298 g/mol. The van der Waals surface area contributed by atoms with Gasteiger partial charge in [-0.25, -0.2) is 0 Å². The third kappa shape index (κ3) is 2.58. The zero-order chi connectivity index (χ0) is 14.8. The Labute approximate surface area is 128 Å². The Morgan fingerprint density at radius 2 is 2.00 bits per heavy atom. The van der Waals surface area contributed by atoms with E-state index in [4.69, 9.17) is 22.1 Å². The quantitative estimate of drug-likeness (QED) is 0.796. The predicted molar refractivity (Wildman–Crippen MR) is 85.8 cm³/mol. The highest BCUT2D eigenvalue weighted by molar-refractivity contribution is 6.30. The molecular weight excluding hydrogens is 284 g/mol. The number of nitrogens with two attached hydrogens (primary N) is 1. The van der Waals surface area contributed by atoms with E-state index in [0.29, 0.717) is 5.02 Å². The summed E-state index contributed by atoms with van der Waals surface area (Å²) < 4.78 is 5.40. The number of fused-ring (bicyclic) bond motifs is 1. The standard InChI is InChI=1S/C17H15ClN2O/c1-21-16-6-5-12(18)9-14(16)17(19)13-4-2-3-11-7-8-20-10-15(11)13/h2-10,17H,19H2,1H3. The lowest BCUT2D eigenvalue weighted by molar-refractivity contribution is 0.408. The first-order valence-corrected chi connectivity index (χ1v) is 7.00. The van der Waals surface area contributed by atoms with Crippen LogP contribution in [0, 0.1) is 0 Å². The number of hydrogen-bond acceptors (Lipinski definition) is 3. The lowest BCUT2D eigenvalue weighted by atomic mass is 9.95. The summed E-state index contributed by atoms with van der Waals surface area (Å²) in [6.45, 7) is 0. The van der Waals surface area contributed by atoms with Crippen LogP contribution in [0.2, 0.25) is 5.02 Å². The third-order valence-corrected chi connectivity index (χ3v) is 3.81. The van der Waals surface area contributed by atoms with Crippen molar-refractivity contribution in [1.82, 2.24) is 4.98 Å². The van der Waals surface area contributed by atoms with Crippen LogP contribution in [0.3, 0.4) is 0 Å². The molecule has 3 aromatic rings. The molecule has 1 atom stereocenters. The predicted octanol–water partition coefficient (Wildman–Crippen LogP) is 3.94. The number of halogens is 1. The highest BCUT2D eigenvalue weighted by atomic mass is 35.5. The SMILES string of the molecule is COc1ccc(Cl)cc1C(N)c1cccc2ccncc12. The molecule has 0 aliphatic carbocycles. The Morgan fingerprint density at radius 1 is 1.14 bits per heavy atom. The number of benzene rings is 2. The topological polar surface area (TPSA) is 48.1 Å². The molecule has 4 heteroatoms. The summed E-state index contributed by atoms with van der Waals surface area (Å²) in [6, 6.07) is 13.2. The van der Waals surface area contributed by atoms with Crippen molar-refractivity contribution < 1.29 is 4.74 Å². The second kappa shape index (κ2) is 5.72. The van der Waals surface area contributed by atoms with Gasteiger partial charge in [0.25, 0.3) is 0 Å². The normalized spacial score (nSPS) is 12.3. The van der Waals surface area contributed by atoms with Crippen LogP contribution in [-0.2, 0) is 0 Å². The van der Waals surface area contributed by atoms with Gasteiger partial charge in [-0.15, -0.1) is 0 Å². The van der Waals surface area contributed by atoms with E-state index in [1.54, 1.807) is 19.4 Å². The Morgan fingerprint density at radius 3 is 2.81 bits per heavy atom. The third-order valence-electron chi connectivity index (χ3n) is 3.58. The maximum atomic E-state index is 6.46. The van der Waals surface area contributed by atoms with E-state index < -0.39 is 0 Å². The fourth-order valence-corrected chi connectivity index (χ4v) is 2.70. The van der Waals surface area contributed by atoms with Gasteiger partial charge in [-0.2, -0.15) is 0 Å². The number of pyridine rings is 1. The second-order valence-corrected chi connectivity index (χ2v) is 5.24. The lowest BCUT2D eigenvalue weighted by Crippen LogP contribution is -2.13. The van der Waals surface area contributed by atoms with Crippen LogP contribution < -0.4 is 10.5 Å². The maximum absolute atomic E-state index is 6.46. The van der Waals surface area contributed by atoms with Crippen molar-refractivity contribution in [2.45, 2.75) is 6.04 Å². The zero-order valence-electron chi connectivity index (χ0n) is 11.6. The van der Waals surface area contributed by atoms with Crippen molar-refractivity contribution in [3.05, 3.63) is 71.0 Å². The maximum Gasteiger partial charge on any atom is 0.124 e. The molecule has 0 saturated carbocycles. The first-order chi connectivity index (χ1) is 10.2. The van der Waals surface area contributed by atoms with Gasteiger partial charge in [-0.05, 0) is 35.2 Å². The fraction of sp³-hybridized carbons (Fsp3) is 0.118. The van der Waals surface area contributed by atoms with Crippen LogP contribution in [0.4, 0.5) is 0 Å². The van der Waals surface area contributed by atoms with Gasteiger partial charge >= 0.3 is 0 Å². The number of hydrogen-bond donors (Lipinski definition) is 1. The average Bonchev–Trinajstić information content (AvgIpc) is 2.53. The van der Waals surface area contributed by atoms with Crippen LogP contribution in [-0.4, -0.2) is 12.1 Å². The average molecular weight is 299 g/mol. The van der Waals surface area contributed by atoms with E-state index in [2.05, 4.69) is 4.98 Å². The molecule has 1 aromatic heterocycles. The van der Waals surface area contributed by atoms with E-state index in [1.807, 2.05) is 42.6 Å². The lowest BCUT2D eigenvalue weighted by Gasteiger charge is -2.18. The van der Waals surface area contributed by atoms with Gasteiger partial charge in [-0.3, -0.25) is 4.98 Å². The molecule has 0 amide bonds. The highest BCUT2D eigenvalue weighted by Crippen LogP contribution is 2.33. The van der Waals surface area contributed by atoms with Crippen LogP contribution in [0.15, 0.2) is 54.9 Å². The highest BCUT2D eigenvalue weighted by Gasteiger charge is 2.16. The molecule has 0 fully saturated rings. The summed E-state index contributed by atoms with van der Waals surface area (Å²) in [5.41, 5.74) is 8.32. The van der Waals surface area contributed by atoms with Crippen LogP contribution in [0.1, 0.15) is 17.2 Å².